The van der Waals surface area contributed by atoms with Crippen LogP contribution in [0.4, 0.5) is 4.79 Å². The van der Waals surface area contributed by atoms with Gasteiger partial charge >= 0.3 is 12.1 Å². The lowest BCUT2D eigenvalue weighted by molar-refractivity contribution is -0.142. The van der Waals surface area contributed by atoms with E-state index in [9.17, 15) is 19.8 Å². The van der Waals surface area contributed by atoms with Gasteiger partial charge in [-0.1, -0.05) is 60.7 Å². The molecule has 0 spiro atoms. The highest BCUT2D eigenvalue weighted by molar-refractivity contribution is 5.79. The van der Waals surface area contributed by atoms with Crippen molar-refractivity contribution in [2.24, 2.45) is 0 Å². The Morgan fingerprint density at radius 1 is 0.917 bits per heavy atom. The molecule has 8 nitrogen and oxygen atoms in total. The Morgan fingerprint density at radius 2 is 1.53 bits per heavy atom. The van der Waals surface area contributed by atoms with Crippen LogP contribution in [-0.2, 0) is 14.3 Å². The minimum Gasteiger partial charge on any atom is -0.482 e. The van der Waals surface area contributed by atoms with Crippen molar-refractivity contribution in [1.82, 2.24) is 5.32 Å². The Kier molecular flexibility index (Phi) is 8.20. The van der Waals surface area contributed by atoms with Gasteiger partial charge in [-0.15, -0.1) is 0 Å². The van der Waals surface area contributed by atoms with Crippen LogP contribution in [0.2, 0.25) is 0 Å². The molecule has 3 N–H and O–H groups in total. The molecule has 0 aromatic heterocycles. The van der Waals surface area contributed by atoms with Gasteiger partial charge in [-0.25, -0.2) is 9.59 Å². The predicted molar refractivity (Wildman–Crippen MR) is 133 cm³/mol. The van der Waals surface area contributed by atoms with E-state index in [-0.39, 0.29) is 32.1 Å². The largest absolute Gasteiger partial charge is 0.482 e. The van der Waals surface area contributed by atoms with Crippen molar-refractivity contribution < 1.29 is 34.0 Å². The van der Waals surface area contributed by atoms with Gasteiger partial charge in [0.05, 0.1) is 13.2 Å². The molecule has 0 radical (unpaired) electrons. The van der Waals surface area contributed by atoms with Gasteiger partial charge in [0, 0.05) is 12.5 Å². The first kappa shape index (κ1) is 25.2. The maximum atomic E-state index is 12.3. The van der Waals surface area contributed by atoms with E-state index in [0.717, 1.165) is 22.3 Å². The number of hydrogen-bond donors (Lipinski definition) is 3. The van der Waals surface area contributed by atoms with Gasteiger partial charge in [0.25, 0.3) is 0 Å². The Morgan fingerprint density at radius 3 is 2.14 bits per heavy atom. The number of amides is 1. The number of rotatable bonds is 10. The lowest BCUT2D eigenvalue weighted by Gasteiger charge is -2.19. The molecule has 0 aliphatic heterocycles. The second-order valence-corrected chi connectivity index (χ2v) is 8.49. The Hall–Kier alpha value is -3.88. The summed E-state index contributed by atoms with van der Waals surface area (Å²) in [5.74, 6) is -0.101. The fraction of sp³-hybridized carbons (Fsp3) is 0.286. The number of aliphatic hydroxyl groups excluding tert-OH is 2. The molecule has 1 amide bonds. The summed E-state index contributed by atoms with van der Waals surface area (Å²) in [6.07, 6.45) is -2.69. The van der Waals surface area contributed by atoms with Crippen LogP contribution in [-0.4, -0.2) is 55.2 Å². The zero-order valence-electron chi connectivity index (χ0n) is 19.9. The van der Waals surface area contributed by atoms with Crippen molar-refractivity contribution in [3.8, 4) is 16.9 Å². The van der Waals surface area contributed by atoms with Crippen molar-refractivity contribution in [3.05, 3.63) is 89.5 Å². The first-order valence-electron chi connectivity index (χ1n) is 11.7. The zero-order valence-corrected chi connectivity index (χ0v) is 19.9. The summed E-state index contributed by atoms with van der Waals surface area (Å²) in [4.78, 5) is 23.4. The van der Waals surface area contributed by atoms with Gasteiger partial charge in [-0.2, -0.15) is 0 Å². The molecule has 0 saturated carbocycles. The lowest BCUT2D eigenvalue weighted by atomic mass is 9.98. The van der Waals surface area contributed by atoms with Crippen molar-refractivity contribution >= 4 is 12.1 Å². The zero-order chi connectivity index (χ0) is 25.5. The smallest absolute Gasteiger partial charge is 0.407 e. The van der Waals surface area contributed by atoms with E-state index in [2.05, 4.69) is 34.3 Å². The van der Waals surface area contributed by atoms with E-state index in [1.54, 1.807) is 24.3 Å². The molecule has 188 valence electrons. The van der Waals surface area contributed by atoms with Crippen molar-refractivity contribution in [3.63, 3.8) is 0 Å². The maximum Gasteiger partial charge on any atom is 0.407 e. The molecule has 1 aliphatic rings. The molecule has 1 aliphatic carbocycles. The van der Waals surface area contributed by atoms with Crippen LogP contribution < -0.4 is 10.1 Å². The number of benzene rings is 3. The first-order chi connectivity index (χ1) is 17.5. The monoisotopic (exact) mass is 491 g/mol. The van der Waals surface area contributed by atoms with E-state index < -0.39 is 24.3 Å². The van der Waals surface area contributed by atoms with Crippen LogP contribution in [0.15, 0.2) is 72.8 Å². The van der Waals surface area contributed by atoms with Gasteiger partial charge in [0.1, 0.15) is 18.5 Å². The van der Waals surface area contributed by atoms with Crippen molar-refractivity contribution in [2.45, 2.75) is 24.5 Å². The third-order valence-electron chi connectivity index (χ3n) is 6.22. The number of aliphatic hydroxyl groups is 2. The molecule has 0 fully saturated rings. The maximum absolute atomic E-state index is 12.3. The highest BCUT2D eigenvalue weighted by Crippen LogP contribution is 2.44. The number of ether oxygens (including phenoxy) is 3. The highest BCUT2D eigenvalue weighted by Gasteiger charge is 2.29. The number of nitrogens with one attached hydrogen (secondary N) is 1. The Labute approximate surface area is 209 Å². The molecule has 2 atom stereocenters. The van der Waals surface area contributed by atoms with Crippen LogP contribution in [0.5, 0.6) is 5.75 Å². The first-order valence-corrected chi connectivity index (χ1v) is 11.7. The number of methoxy groups -OCH3 is 1. The summed E-state index contributed by atoms with van der Waals surface area (Å²) in [5, 5.41) is 23.4. The van der Waals surface area contributed by atoms with Gasteiger partial charge < -0.3 is 29.7 Å². The van der Waals surface area contributed by atoms with E-state index in [1.807, 2.05) is 24.3 Å². The van der Waals surface area contributed by atoms with Gasteiger partial charge in [0.15, 0.2) is 6.61 Å². The van der Waals surface area contributed by atoms with Crippen LogP contribution in [0, 0.1) is 0 Å². The molecule has 0 saturated heterocycles. The van der Waals surface area contributed by atoms with Gasteiger partial charge in [0.2, 0.25) is 0 Å². The van der Waals surface area contributed by atoms with E-state index in [1.165, 1.54) is 7.11 Å². The molecule has 4 rings (SSSR count). The normalized spacial score (nSPS) is 13.8. The molecule has 36 heavy (non-hydrogen) atoms. The standard InChI is InChI=1S/C28H29NO7/c1-34-26(31)17-35-19-12-10-18(11-13-19)27(32)25(30)14-15-29-28(33)36-16-24-22-8-4-2-6-20(22)21-7-3-5-9-23(21)24/h2-13,24-25,27,30,32H,14-17H2,1H3,(H,29,33). The van der Waals surface area contributed by atoms with E-state index >= 15 is 0 Å². The third-order valence-corrected chi connectivity index (χ3v) is 6.22. The molecule has 3 aromatic carbocycles. The fourth-order valence-corrected chi connectivity index (χ4v) is 4.31. The average Bonchev–Trinajstić information content (AvgIpc) is 3.24. The number of alkyl carbamates (subject to hydrolysis) is 1. The highest BCUT2D eigenvalue weighted by atomic mass is 16.6. The summed E-state index contributed by atoms with van der Waals surface area (Å²) >= 11 is 0. The number of carbonyl (C=O) groups is 2. The number of carbonyl (C=O) groups excluding carboxylic acids is 2. The summed E-state index contributed by atoms with van der Waals surface area (Å²) in [7, 11) is 1.27. The quantitative estimate of drug-likeness (QED) is 0.372. The molecule has 0 bridgehead atoms. The van der Waals surface area contributed by atoms with Crippen molar-refractivity contribution in [1.29, 1.82) is 0 Å². The number of fused-ring (bicyclic) bond motifs is 3. The Balaban J connectivity index is 1.22. The number of hydrogen-bond acceptors (Lipinski definition) is 7. The van der Waals surface area contributed by atoms with Crippen LogP contribution >= 0.6 is 0 Å². The summed E-state index contributed by atoms with van der Waals surface area (Å²) < 4.78 is 15.3. The molecule has 8 heteroatoms. The molecular weight excluding hydrogens is 462 g/mol. The topological polar surface area (TPSA) is 114 Å². The molecule has 2 unspecified atom stereocenters. The molecular formula is C28H29NO7. The van der Waals surface area contributed by atoms with Gasteiger partial charge in [-0.3, -0.25) is 0 Å². The minimum absolute atomic E-state index is 0.0323. The molecule has 3 aromatic rings. The summed E-state index contributed by atoms with van der Waals surface area (Å²) in [5.41, 5.74) is 5.05. The summed E-state index contributed by atoms with van der Waals surface area (Å²) in [6.45, 7) is 0.118. The van der Waals surface area contributed by atoms with Crippen molar-refractivity contribution in [2.75, 3.05) is 26.9 Å². The summed E-state index contributed by atoms with van der Waals surface area (Å²) in [6, 6.07) is 22.6. The minimum atomic E-state index is -1.15. The average molecular weight is 492 g/mol. The van der Waals surface area contributed by atoms with Crippen LogP contribution in [0.1, 0.15) is 35.1 Å². The van der Waals surface area contributed by atoms with Gasteiger partial charge in [-0.05, 0) is 46.4 Å². The SMILES string of the molecule is COC(=O)COc1ccc(C(O)C(O)CCNC(=O)OCC2c3ccccc3-c3ccccc32)cc1. The predicted octanol–water partition coefficient (Wildman–Crippen LogP) is 3.56. The van der Waals surface area contributed by atoms with Crippen LogP contribution in [0.3, 0.4) is 0 Å². The second kappa shape index (κ2) is 11.7. The number of esters is 1. The third kappa shape index (κ3) is 5.84. The fourth-order valence-electron chi connectivity index (χ4n) is 4.31. The Bertz CT molecular complexity index is 1150. The van der Waals surface area contributed by atoms with E-state index in [4.69, 9.17) is 9.47 Å². The lowest BCUT2D eigenvalue weighted by Crippen LogP contribution is -2.30. The molecule has 0 heterocycles. The van der Waals surface area contributed by atoms with E-state index in [0.29, 0.717) is 11.3 Å². The second-order valence-electron chi connectivity index (χ2n) is 8.49. The van der Waals surface area contributed by atoms with Crippen LogP contribution in [0.25, 0.3) is 11.1 Å².